The molecule has 1 amide bonds. The second-order valence-corrected chi connectivity index (χ2v) is 10.3. The Morgan fingerprint density at radius 3 is 2.69 bits per heavy atom. The number of rotatable bonds is 7. The first kappa shape index (κ1) is 23.4. The zero-order chi connectivity index (χ0) is 24.4. The third-order valence-electron chi connectivity index (χ3n) is 6.20. The van der Waals surface area contributed by atoms with Crippen molar-refractivity contribution in [2.24, 2.45) is 5.92 Å². The van der Waals surface area contributed by atoms with Crippen LogP contribution >= 0.6 is 11.3 Å². The van der Waals surface area contributed by atoms with Gasteiger partial charge < -0.3 is 15.0 Å². The molecule has 1 aliphatic rings. The minimum atomic E-state index is -0.0500. The normalized spacial score (nSPS) is 16.1. The number of thiazole rings is 1. The average molecular weight is 490 g/mol. The maximum Gasteiger partial charge on any atom is 0.225 e. The molecule has 0 bridgehead atoms. The molecule has 0 radical (unpaired) electrons. The molecule has 1 saturated heterocycles. The molecule has 35 heavy (non-hydrogen) atoms. The van der Waals surface area contributed by atoms with Gasteiger partial charge in [0.15, 0.2) is 10.8 Å². The monoisotopic (exact) mass is 489 g/mol. The number of aromatic nitrogens is 3. The molecular formula is C27H31N5O2S. The van der Waals surface area contributed by atoms with Gasteiger partial charge >= 0.3 is 0 Å². The second kappa shape index (κ2) is 10.1. The van der Waals surface area contributed by atoms with E-state index in [-0.39, 0.29) is 17.9 Å². The minimum Gasteiger partial charge on any atom is -0.491 e. The number of hydrogen-bond acceptors (Lipinski definition) is 6. The molecule has 0 aliphatic carbocycles. The van der Waals surface area contributed by atoms with Crippen molar-refractivity contribution in [2.45, 2.75) is 46.3 Å². The number of hydrogen-bond donors (Lipinski definition) is 1. The quantitative estimate of drug-likeness (QED) is 0.391. The van der Waals surface area contributed by atoms with E-state index in [2.05, 4.69) is 10.2 Å². The molecule has 4 aromatic rings. The van der Waals surface area contributed by atoms with Crippen LogP contribution in [0.4, 0.5) is 5.13 Å². The fraction of sp³-hybridized carbons (Fsp3) is 0.370. The van der Waals surface area contributed by atoms with Crippen molar-refractivity contribution in [2.75, 3.05) is 18.0 Å². The molecule has 1 atom stereocenters. The van der Waals surface area contributed by atoms with Crippen LogP contribution in [0.3, 0.4) is 0 Å². The van der Waals surface area contributed by atoms with Crippen LogP contribution in [0.25, 0.3) is 16.0 Å². The van der Waals surface area contributed by atoms with Crippen molar-refractivity contribution in [3.05, 3.63) is 65.9 Å². The highest BCUT2D eigenvalue weighted by Crippen LogP contribution is 2.34. The molecule has 0 spiro atoms. The van der Waals surface area contributed by atoms with E-state index in [9.17, 15) is 4.79 Å². The van der Waals surface area contributed by atoms with Crippen molar-refractivity contribution in [3.8, 4) is 11.4 Å². The number of anilines is 1. The Kier molecular flexibility index (Phi) is 6.72. The van der Waals surface area contributed by atoms with Gasteiger partial charge in [0.05, 0.1) is 28.1 Å². The van der Waals surface area contributed by atoms with Crippen molar-refractivity contribution in [1.29, 1.82) is 0 Å². The van der Waals surface area contributed by atoms with Crippen LogP contribution in [0.5, 0.6) is 5.75 Å². The van der Waals surface area contributed by atoms with Crippen molar-refractivity contribution >= 4 is 32.7 Å². The zero-order valence-corrected chi connectivity index (χ0v) is 21.2. The Hall–Kier alpha value is -3.39. The molecule has 5 rings (SSSR count). The Morgan fingerprint density at radius 1 is 1.17 bits per heavy atom. The van der Waals surface area contributed by atoms with E-state index in [0.717, 1.165) is 57.6 Å². The van der Waals surface area contributed by atoms with Gasteiger partial charge in [0.2, 0.25) is 5.91 Å². The fourth-order valence-electron chi connectivity index (χ4n) is 4.46. The van der Waals surface area contributed by atoms with Gasteiger partial charge in [-0.3, -0.25) is 4.79 Å². The maximum atomic E-state index is 13.0. The number of fused-ring (bicyclic) bond motifs is 1. The lowest BCUT2D eigenvalue weighted by Gasteiger charge is -2.31. The third kappa shape index (κ3) is 5.17. The number of nitrogens with one attached hydrogen (secondary N) is 1. The predicted molar refractivity (Wildman–Crippen MR) is 140 cm³/mol. The number of nitrogens with zero attached hydrogens (tertiary/aromatic N) is 4. The SMILES string of the molecule is Cc1nn(-c2ccccc2)c2nc(N3CCCC(C(=O)NCc4ccc(OC(C)C)cc4)C3)sc12. The highest BCUT2D eigenvalue weighted by Gasteiger charge is 2.28. The maximum absolute atomic E-state index is 13.0. The summed E-state index contributed by atoms with van der Waals surface area (Å²) in [5, 5.41) is 8.78. The van der Waals surface area contributed by atoms with Gasteiger partial charge in [0.1, 0.15) is 5.75 Å². The Balaban J connectivity index is 1.24. The third-order valence-corrected chi connectivity index (χ3v) is 7.42. The van der Waals surface area contributed by atoms with Gasteiger partial charge in [0.25, 0.3) is 0 Å². The lowest BCUT2D eigenvalue weighted by Crippen LogP contribution is -2.43. The van der Waals surface area contributed by atoms with Gasteiger partial charge in [-0.05, 0) is 63.4 Å². The molecule has 2 aromatic carbocycles. The number of para-hydroxylation sites is 1. The summed E-state index contributed by atoms with van der Waals surface area (Å²) in [5.74, 6) is 0.899. The molecule has 182 valence electrons. The largest absolute Gasteiger partial charge is 0.491 e. The molecule has 7 nitrogen and oxygen atoms in total. The molecule has 8 heteroatoms. The van der Waals surface area contributed by atoms with Gasteiger partial charge in [-0.25, -0.2) is 4.68 Å². The highest BCUT2D eigenvalue weighted by atomic mass is 32.1. The highest BCUT2D eigenvalue weighted by molar-refractivity contribution is 7.22. The summed E-state index contributed by atoms with van der Waals surface area (Å²) >= 11 is 1.66. The number of piperidine rings is 1. The average Bonchev–Trinajstić information content (AvgIpc) is 3.44. The van der Waals surface area contributed by atoms with E-state index in [1.807, 2.05) is 80.1 Å². The summed E-state index contributed by atoms with van der Waals surface area (Å²) in [6.45, 7) is 8.15. The van der Waals surface area contributed by atoms with Crippen molar-refractivity contribution in [1.82, 2.24) is 20.1 Å². The second-order valence-electron chi connectivity index (χ2n) is 9.30. The van der Waals surface area contributed by atoms with E-state index in [4.69, 9.17) is 14.8 Å². The molecule has 3 heterocycles. The Labute approximate surface area is 209 Å². The lowest BCUT2D eigenvalue weighted by molar-refractivity contribution is -0.125. The first-order chi connectivity index (χ1) is 17.0. The summed E-state index contributed by atoms with van der Waals surface area (Å²) in [5.41, 5.74) is 3.92. The number of carbonyl (C=O) groups excluding carboxylic acids is 1. The molecule has 1 fully saturated rings. The van der Waals surface area contributed by atoms with Gasteiger partial charge in [0, 0.05) is 19.6 Å². The van der Waals surface area contributed by atoms with Crippen LogP contribution in [0.2, 0.25) is 0 Å². The molecule has 1 N–H and O–H groups in total. The Bertz CT molecular complexity index is 1300. The molecule has 0 saturated carbocycles. The minimum absolute atomic E-state index is 0.0500. The number of carbonyl (C=O) groups is 1. The molecule has 1 unspecified atom stereocenters. The number of benzene rings is 2. The summed E-state index contributed by atoms with van der Waals surface area (Å²) in [4.78, 5) is 20.2. The standard InChI is InChI=1S/C27H31N5O2S/c1-18(2)34-23-13-11-20(12-14-23)16-28-26(33)21-8-7-15-31(17-21)27-29-25-24(35-27)19(3)30-32(25)22-9-5-4-6-10-22/h4-6,9-14,18,21H,7-8,15-17H2,1-3H3,(H,28,33). The molecular weight excluding hydrogens is 458 g/mol. The van der Waals surface area contributed by atoms with Gasteiger partial charge in [-0.15, -0.1) is 0 Å². The zero-order valence-electron chi connectivity index (χ0n) is 20.4. The number of amides is 1. The van der Waals surface area contributed by atoms with Crippen molar-refractivity contribution in [3.63, 3.8) is 0 Å². The van der Waals surface area contributed by atoms with E-state index < -0.39 is 0 Å². The van der Waals surface area contributed by atoms with Crippen LogP contribution in [-0.2, 0) is 11.3 Å². The first-order valence-corrected chi connectivity index (χ1v) is 13.0. The fourth-order valence-corrected chi connectivity index (χ4v) is 5.49. The topological polar surface area (TPSA) is 72.3 Å². The summed E-state index contributed by atoms with van der Waals surface area (Å²) in [6, 6.07) is 18.0. The molecule has 2 aromatic heterocycles. The number of aryl methyl sites for hydroxylation is 1. The predicted octanol–water partition coefficient (Wildman–Crippen LogP) is 5.11. The van der Waals surface area contributed by atoms with Gasteiger partial charge in [-0.2, -0.15) is 10.1 Å². The lowest BCUT2D eigenvalue weighted by atomic mass is 9.97. The summed E-state index contributed by atoms with van der Waals surface area (Å²) < 4.78 is 8.71. The smallest absolute Gasteiger partial charge is 0.225 e. The van der Waals surface area contributed by atoms with Crippen LogP contribution < -0.4 is 15.0 Å². The van der Waals surface area contributed by atoms with E-state index >= 15 is 0 Å². The summed E-state index contributed by atoms with van der Waals surface area (Å²) in [7, 11) is 0. The van der Waals surface area contributed by atoms with E-state index in [0.29, 0.717) is 13.1 Å². The molecule has 1 aliphatic heterocycles. The first-order valence-electron chi connectivity index (χ1n) is 12.2. The van der Waals surface area contributed by atoms with Crippen LogP contribution in [0.15, 0.2) is 54.6 Å². The van der Waals surface area contributed by atoms with E-state index in [1.165, 1.54) is 0 Å². The van der Waals surface area contributed by atoms with E-state index in [1.54, 1.807) is 11.3 Å². The Morgan fingerprint density at radius 2 is 1.94 bits per heavy atom. The van der Waals surface area contributed by atoms with Gasteiger partial charge in [-0.1, -0.05) is 41.7 Å². The van der Waals surface area contributed by atoms with Crippen LogP contribution in [0.1, 0.15) is 37.9 Å². The summed E-state index contributed by atoms with van der Waals surface area (Å²) in [6.07, 6.45) is 2.01. The van der Waals surface area contributed by atoms with Crippen LogP contribution in [-0.4, -0.2) is 39.9 Å². The van der Waals surface area contributed by atoms with Crippen molar-refractivity contribution < 1.29 is 9.53 Å². The van der Waals surface area contributed by atoms with Crippen LogP contribution in [0, 0.1) is 12.8 Å². The number of ether oxygens (including phenoxy) is 1.